The quantitative estimate of drug-likeness (QED) is 0.648. The van der Waals surface area contributed by atoms with Gasteiger partial charge >= 0.3 is 0 Å². The minimum absolute atomic E-state index is 0.155. The van der Waals surface area contributed by atoms with Crippen molar-refractivity contribution in [2.24, 2.45) is 0 Å². The molecule has 0 spiro atoms. The van der Waals surface area contributed by atoms with Crippen molar-refractivity contribution in [1.29, 1.82) is 0 Å². The number of benzene rings is 3. The molecule has 0 aromatic heterocycles. The maximum atomic E-state index is 14.0. The molecule has 0 radical (unpaired) electrons. The molecular formula is C25H23FN2O3. The van der Waals surface area contributed by atoms with Crippen LogP contribution in [0, 0.1) is 12.7 Å². The molecule has 0 aliphatic carbocycles. The Morgan fingerprint density at radius 1 is 1.06 bits per heavy atom. The van der Waals surface area contributed by atoms with Crippen LogP contribution in [0.1, 0.15) is 27.0 Å². The van der Waals surface area contributed by atoms with Crippen molar-refractivity contribution in [1.82, 2.24) is 4.90 Å². The highest BCUT2D eigenvalue weighted by atomic mass is 19.1. The summed E-state index contributed by atoms with van der Waals surface area (Å²) in [6.45, 7) is 2.49. The zero-order valence-corrected chi connectivity index (χ0v) is 17.2. The van der Waals surface area contributed by atoms with Crippen LogP contribution in [0.3, 0.4) is 0 Å². The van der Waals surface area contributed by atoms with Crippen molar-refractivity contribution < 1.29 is 18.7 Å². The molecule has 0 fully saturated rings. The lowest BCUT2D eigenvalue weighted by Crippen LogP contribution is -2.37. The molecule has 3 aromatic carbocycles. The van der Waals surface area contributed by atoms with Gasteiger partial charge in [-0.25, -0.2) is 4.39 Å². The average molecular weight is 418 g/mol. The normalized spacial score (nSPS) is 13.0. The standard InChI is InChI=1S/C25H23FN2O3/c1-17-9-11-19(12-10-17)27-24(29)16-31-23-8-4-6-21-20(23)13-14-28(25(21)30)15-18-5-2-3-7-22(18)26/h2-12H,13-16H2,1H3,(H,27,29). The molecule has 3 aromatic rings. The van der Waals surface area contributed by atoms with E-state index in [0.717, 1.165) is 11.1 Å². The summed E-state index contributed by atoms with van der Waals surface area (Å²) in [4.78, 5) is 26.8. The van der Waals surface area contributed by atoms with Gasteiger partial charge in [0.15, 0.2) is 6.61 Å². The van der Waals surface area contributed by atoms with E-state index >= 15 is 0 Å². The van der Waals surface area contributed by atoms with E-state index in [1.165, 1.54) is 6.07 Å². The number of aryl methyl sites for hydroxylation is 1. The summed E-state index contributed by atoms with van der Waals surface area (Å²) in [6.07, 6.45) is 0.575. The van der Waals surface area contributed by atoms with Crippen LogP contribution in [-0.4, -0.2) is 29.9 Å². The minimum Gasteiger partial charge on any atom is -0.483 e. The first kappa shape index (κ1) is 20.6. The molecule has 1 N–H and O–H groups in total. The Morgan fingerprint density at radius 2 is 1.84 bits per heavy atom. The van der Waals surface area contributed by atoms with Crippen LogP contribution in [0.5, 0.6) is 5.75 Å². The Kier molecular flexibility index (Phi) is 5.98. The highest BCUT2D eigenvalue weighted by molar-refractivity contribution is 5.97. The molecule has 0 atom stereocenters. The van der Waals surface area contributed by atoms with Crippen LogP contribution < -0.4 is 10.1 Å². The molecule has 0 bridgehead atoms. The molecule has 6 heteroatoms. The molecule has 0 saturated carbocycles. The number of halogens is 1. The first-order chi connectivity index (χ1) is 15.0. The zero-order valence-electron chi connectivity index (χ0n) is 17.2. The number of hydrogen-bond acceptors (Lipinski definition) is 3. The van der Waals surface area contributed by atoms with Crippen LogP contribution in [-0.2, 0) is 17.8 Å². The van der Waals surface area contributed by atoms with Crippen LogP contribution in [0.15, 0.2) is 66.7 Å². The maximum absolute atomic E-state index is 14.0. The smallest absolute Gasteiger partial charge is 0.262 e. The summed E-state index contributed by atoms with van der Waals surface area (Å²) < 4.78 is 19.7. The molecule has 1 aliphatic rings. The molecule has 0 unspecified atom stereocenters. The third kappa shape index (κ3) is 4.74. The molecule has 31 heavy (non-hydrogen) atoms. The second-order valence-electron chi connectivity index (χ2n) is 7.55. The SMILES string of the molecule is Cc1ccc(NC(=O)COc2cccc3c2CCN(Cc2ccccc2F)C3=O)cc1. The summed E-state index contributed by atoms with van der Waals surface area (Å²) in [6, 6.07) is 19.2. The van der Waals surface area contributed by atoms with Gasteiger partial charge in [-0.05, 0) is 43.7 Å². The highest BCUT2D eigenvalue weighted by Crippen LogP contribution is 2.29. The number of rotatable bonds is 6. The summed E-state index contributed by atoms with van der Waals surface area (Å²) in [7, 11) is 0. The van der Waals surface area contributed by atoms with Crippen molar-refractivity contribution in [3.8, 4) is 5.75 Å². The van der Waals surface area contributed by atoms with Gasteiger partial charge in [0.1, 0.15) is 11.6 Å². The summed E-state index contributed by atoms with van der Waals surface area (Å²) in [5, 5.41) is 2.79. The van der Waals surface area contributed by atoms with Gasteiger partial charge in [0.2, 0.25) is 0 Å². The molecule has 0 saturated heterocycles. The van der Waals surface area contributed by atoms with E-state index in [2.05, 4.69) is 5.32 Å². The predicted molar refractivity (Wildman–Crippen MR) is 117 cm³/mol. The van der Waals surface area contributed by atoms with Gasteiger partial charge in [-0.15, -0.1) is 0 Å². The number of hydrogen-bond donors (Lipinski definition) is 1. The average Bonchev–Trinajstić information content (AvgIpc) is 2.77. The highest BCUT2D eigenvalue weighted by Gasteiger charge is 2.27. The van der Waals surface area contributed by atoms with E-state index in [-0.39, 0.29) is 30.8 Å². The summed E-state index contributed by atoms with van der Waals surface area (Å²) in [5.74, 6) is -0.239. The van der Waals surface area contributed by atoms with E-state index < -0.39 is 0 Å². The number of carbonyl (C=O) groups excluding carboxylic acids is 2. The fraction of sp³-hybridized carbons (Fsp3) is 0.200. The Morgan fingerprint density at radius 3 is 2.61 bits per heavy atom. The lowest BCUT2D eigenvalue weighted by molar-refractivity contribution is -0.118. The molecule has 2 amide bonds. The van der Waals surface area contributed by atoms with E-state index in [9.17, 15) is 14.0 Å². The molecule has 4 rings (SSSR count). The molecule has 1 heterocycles. The Hall–Kier alpha value is -3.67. The number of anilines is 1. The van der Waals surface area contributed by atoms with Crippen LogP contribution in [0.4, 0.5) is 10.1 Å². The predicted octanol–water partition coefficient (Wildman–Crippen LogP) is 4.35. The second-order valence-corrected chi connectivity index (χ2v) is 7.55. The van der Waals surface area contributed by atoms with Gasteiger partial charge in [0.25, 0.3) is 11.8 Å². The fourth-order valence-corrected chi connectivity index (χ4v) is 3.64. The molecular weight excluding hydrogens is 395 g/mol. The number of carbonyl (C=O) groups is 2. The third-order valence-corrected chi connectivity index (χ3v) is 5.30. The third-order valence-electron chi connectivity index (χ3n) is 5.30. The Labute approximate surface area is 180 Å². The lowest BCUT2D eigenvalue weighted by Gasteiger charge is -2.29. The number of nitrogens with one attached hydrogen (secondary N) is 1. The topological polar surface area (TPSA) is 58.6 Å². The number of fused-ring (bicyclic) bond motifs is 1. The summed E-state index contributed by atoms with van der Waals surface area (Å²) in [5.41, 5.74) is 3.60. The van der Waals surface area contributed by atoms with E-state index in [0.29, 0.717) is 35.5 Å². The van der Waals surface area contributed by atoms with Gasteiger partial charge in [-0.1, -0.05) is 42.0 Å². The minimum atomic E-state index is -0.322. The maximum Gasteiger partial charge on any atom is 0.262 e. The van der Waals surface area contributed by atoms with Crippen LogP contribution in [0.25, 0.3) is 0 Å². The van der Waals surface area contributed by atoms with Gasteiger partial charge in [0.05, 0.1) is 0 Å². The number of amides is 2. The van der Waals surface area contributed by atoms with Crippen LogP contribution in [0.2, 0.25) is 0 Å². The fourth-order valence-electron chi connectivity index (χ4n) is 3.64. The largest absolute Gasteiger partial charge is 0.483 e. The van der Waals surface area contributed by atoms with Gasteiger partial charge in [0, 0.05) is 35.5 Å². The molecule has 5 nitrogen and oxygen atoms in total. The van der Waals surface area contributed by atoms with Gasteiger partial charge < -0.3 is 15.0 Å². The van der Waals surface area contributed by atoms with Crippen LogP contribution >= 0.6 is 0 Å². The van der Waals surface area contributed by atoms with Gasteiger partial charge in [-0.2, -0.15) is 0 Å². The van der Waals surface area contributed by atoms with E-state index in [1.807, 2.05) is 31.2 Å². The number of ether oxygens (including phenoxy) is 1. The Bertz CT molecular complexity index is 1110. The Balaban J connectivity index is 1.42. The van der Waals surface area contributed by atoms with Gasteiger partial charge in [-0.3, -0.25) is 9.59 Å². The van der Waals surface area contributed by atoms with Crippen molar-refractivity contribution in [3.05, 3.63) is 94.8 Å². The zero-order chi connectivity index (χ0) is 21.8. The molecule has 158 valence electrons. The van der Waals surface area contributed by atoms with E-state index in [4.69, 9.17) is 4.74 Å². The first-order valence-corrected chi connectivity index (χ1v) is 10.1. The summed E-state index contributed by atoms with van der Waals surface area (Å²) >= 11 is 0. The number of nitrogens with zero attached hydrogens (tertiary/aromatic N) is 1. The first-order valence-electron chi connectivity index (χ1n) is 10.1. The monoisotopic (exact) mass is 418 g/mol. The lowest BCUT2D eigenvalue weighted by atomic mass is 9.97. The second kappa shape index (κ2) is 9.00. The van der Waals surface area contributed by atoms with Crippen molar-refractivity contribution in [2.45, 2.75) is 19.9 Å². The van der Waals surface area contributed by atoms with Crippen molar-refractivity contribution >= 4 is 17.5 Å². The molecule has 1 aliphatic heterocycles. The van der Waals surface area contributed by atoms with Crippen molar-refractivity contribution in [2.75, 3.05) is 18.5 Å². The van der Waals surface area contributed by atoms with E-state index in [1.54, 1.807) is 41.3 Å². The van der Waals surface area contributed by atoms with Crippen molar-refractivity contribution in [3.63, 3.8) is 0 Å².